The molecule has 2 rings (SSSR count). The van der Waals surface area contributed by atoms with Gasteiger partial charge in [-0.05, 0) is 32.8 Å². The molecule has 3 nitrogen and oxygen atoms in total. The highest BCUT2D eigenvalue weighted by molar-refractivity contribution is 5.20. The van der Waals surface area contributed by atoms with Gasteiger partial charge in [0.1, 0.15) is 5.82 Å². The first-order valence-corrected chi connectivity index (χ1v) is 7.61. The van der Waals surface area contributed by atoms with Gasteiger partial charge < -0.3 is 9.84 Å². The minimum Gasteiger partial charge on any atom is -0.388 e. The van der Waals surface area contributed by atoms with Gasteiger partial charge in [0.2, 0.25) is 0 Å². The third-order valence-electron chi connectivity index (χ3n) is 3.95. The van der Waals surface area contributed by atoms with Gasteiger partial charge in [0, 0.05) is 25.2 Å². The Labute approximate surface area is 126 Å². The van der Waals surface area contributed by atoms with Crippen LogP contribution < -0.4 is 0 Å². The molecule has 1 aliphatic rings. The van der Waals surface area contributed by atoms with E-state index in [1.807, 2.05) is 6.92 Å². The molecular formula is C17H26FNO2. The summed E-state index contributed by atoms with van der Waals surface area (Å²) >= 11 is 0. The van der Waals surface area contributed by atoms with Crippen molar-refractivity contribution in [3.05, 3.63) is 35.6 Å². The molecule has 118 valence electrons. The summed E-state index contributed by atoms with van der Waals surface area (Å²) in [5.74, 6) is -0.379. The molecule has 1 aromatic rings. The molecule has 0 aliphatic carbocycles. The van der Waals surface area contributed by atoms with Crippen LogP contribution in [0.4, 0.5) is 4.39 Å². The highest BCUT2D eigenvalue weighted by atomic mass is 19.1. The van der Waals surface area contributed by atoms with Crippen LogP contribution in [0.5, 0.6) is 0 Å². The lowest BCUT2D eigenvalue weighted by Gasteiger charge is -2.43. The minimum absolute atomic E-state index is 0.0389. The smallest absolute Gasteiger partial charge is 0.129 e. The van der Waals surface area contributed by atoms with Crippen molar-refractivity contribution in [1.29, 1.82) is 0 Å². The fourth-order valence-corrected chi connectivity index (χ4v) is 3.25. The SMILES string of the molecule is CC1CN(CC(C)C(O)c2ccccc2F)CC(C)(C)O1. The van der Waals surface area contributed by atoms with Gasteiger partial charge in [0.25, 0.3) is 0 Å². The Kier molecular flexibility index (Phi) is 5.02. The molecular weight excluding hydrogens is 269 g/mol. The Balaban J connectivity index is 2.01. The molecule has 0 radical (unpaired) electrons. The highest BCUT2D eigenvalue weighted by Gasteiger charge is 2.33. The van der Waals surface area contributed by atoms with Gasteiger partial charge >= 0.3 is 0 Å². The van der Waals surface area contributed by atoms with E-state index in [4.69, 9.17) is 4.74 Å². The van der Waals surface area contributed by atoms with Crippen molar-refractivity contribution >= 4 is 0 Å². The van der Waals surface area contributed by atoms with E-state index in [0.717, 1.165) is 19.6 Å². The molecule has 4 heteroatoms. The number of morpholine rings is 1. The number of hydrogen-bond donors (Lipinski definition) is 1. The molecule has 1 saturated heterocycles. The Hall–Kier alpha value is -0.970. The second-order valence-electron chi connectivity index (χ2n) is 6.83. The van der Waals surface area contributed by atoms with E-state index in [-0.39, 0.29) is 23.4 Å². The van der Waals surface area contributed by atoms with Crippen molar-refractivity contribution in [2.75, 3.05) is 19.6 Å². The van der Waals surface area contributed by atoms with E-state index >= 15 is 0 Å². The third-order valence-corrected chi connectivity index (χ3v) is 3.95. The molecule has 0 spiro atoms. The van der Waals surface area contributed by atoms with Crippen molar-refractivity contribution in [1.82, 2.24) is 4.90 Å². The van der Waals surface area contributed by atoms with Crippen molar-refractivity contribution in [3.63, 3.8) is 0 Å². The highest BCUT2D eigenvalue weighted by Crippen LogP contribution is 2.27. The number of rotatable bonds is 4. The zero-order chi connectivity index (χ0) is 15.6. The van der Waals surface area contributed by atoms with Gasteiger partial charge in [-0.3, -0.25) is 4.90 Å². The Morgan fingerprint density at radius 3 is 2.71 bits per heavy atom. The largest absolute Gasteiger partial charge is 0.388 e. The number of ether oxygens (including phenoxy) is 1. The van der Waals surface area contributed by atoms with Crippen LogP contribution in [-0.4, -0.2) is 41.3 Å². The van der Waals surface area contributed by atoms with Crippen LogP contribution in [0.15, 0.2) is 24.3 Å². The monoisotopic (exact) mass is 295 g/mol. The second-order valence-corrected chi connectivity index (χ2v) is 6.83. The van der Waals surface area contributed by atoms with Crippen LogP contribution in [0, 0.1) is 11.7 Å². The van der Waals surface area contributed by atoms with Gasteiger partial charge in [0.05, 0.1) is 17.8 Å². The average molecular weight is 295 g/mol. The molecule has 1 aliphatic heterocycles. The summed E-state index contributed by atoms with van der Waals surface area (Å²) < 4.78 is 19.7. The van der Waals surface area contributed by atoms with Crippen LogP contribution in [-0.2, 0) is 4.74 Å². The van der Waals surface area contributed by atoms with Crippen molar-refractivity contribution in [2.45, 2.75) is 45.5 Å². The van der Waals surface area contributed by atoms with E-state index < -0.39 is 6.10 Å². The number of hydrogen-bond acceptors (Lipinski definition) is 3. The molecule has 0 bridgehead atoms. The molecule has 0 aromatic heterocycles. The zero-order valence-corrected chi connectivity index (χ0v) is 13.3. The predicted molar refractivity (Wildman–Crippen MR) is 81.6 cm³/mol. The van der Waals surface area contributed by atoms with E-state index in [1.54, 1.807) is 18.2 Å². The standard InChI is InChI=1S/C17H26FNO2/c1-12(16(20)14-7-5-6-8-15(14)18)9-19-10-13(2)21-17(3,4)11-19/h5-8,12-13,16,20H,9-11H2,1-4H3. The summed E-state index contributed by atoms with van der Waals surface area (Å²) in [6.45, 7) is 10.6. The van der Waals surface area contributed by atoms with Crippen LogP contribution in [0.2, 0.25) is 0 Å². The number of aliphatic hydroxyl groups is 1. The van der Waals surface area contributed by atoms with E-state index in [0.29, 0.717) is 5.56 Å². The average Bonchev–Trinajstić information content (AvgIpc) is 2.35. The molecule has 1 N–H and O–H groups in total. The summed E-state index contributed by atoms with van der Waals surface area (Å²) in [6.07, 6.45) is -0.612. The van der Waals surface area contributed by atoms with Crippen LogP contribution in [0.3, 0.4) is 0 Å². The molecule has 1 aromatic carbocycles. The topological polar surface area (TPSA) is 32.7 Å². The summed E-state index contributed by atoms with van der Waals surface area (Å²) in [5, 5.41) is 10.4. The summed E-state index contributed by atoms with van der Waals surface area (Å²) in [6, 6.07) is 6.45. The van der Waals surface area contributed by atoms with E-state index in [2.05, 4.69) is 25.7 Å². The second kappa shape index (κ2) is 6.42. The summed E-state index contributed by atoms with van der Waals surface area (Å²) in [4.78, 5) is 2.29. The molecule has 3 atom stereocenters. The lowest BCUT2D eigenvalue weighted by atomic mass is 9.95. The maximum absolute atomic E-state index is 13.8. The molecule has 3 unspecified atom stereocenters. The van der Waals surface area contributed by atoms with Crippen molar-refractivity contribution in [3.8, 4) is 0 Å². The third kappa shape index (κ3) is 4.25. The van der Waals surface area contributed by atoms with Crippen molar-refractivity contribution in [2.24, 2.45) is 5.92 Å². The Morgan fingerprint density at radius 2 is 2.10 bits per heavy atom. The number of benzene rings is 1. The molecule has 21 heavy (non-hydrogen) atoms. The number of nitrogens with zero attached hydrogens (tertiary/aromatic N) is 1. The van der Waals surface area contributed by atoms with Gasteiger partial charge in [-0.25, -0.2) is 4.39 Å². The molecule has 1 heterocycles. The fraction of sp³-hybridized carbons (Fsp3) is 0.647. The first-order chi connectivity index (χ1) is 9.78. The first-order valence-electron chi connectivity index (χ1n) is 7.61. The lowest BCUT2D eigenvalue weighted by molar-refractivity contribution is -0.133. The maximum atomic E-state index is 13.8. The van der Waals surface area contributed by atoms with Gasteiger partial charge in [0.15, 0.2) is 0 Å². The summed E-state index contributed by atoms with van der Waals surface area (Å²) in [5.41, 5.74) is 0.200. The van der Waals surface area contributed by atoms with E-state index in [9.17, 15) is 9.50 Å². The first kappa shape index (κ1) is 16.4. The maximum Gasteiger partial charge on any atom is 0.129 e. The Bertz CT molecular complexity index is 478. The lowest BCUT2D eigenvalue weighted by Crippen LogP contribution is -2.53. The normalized spacial score (nSPS) is 25.5. The molecule has 1 fully saturated rings. The van der Waals surface area contributed by atoms with Gasteiger partial charge in [-0.1, -0.05) is 25.1 Å². The summed E-state index contributed by atoms with van der Waals surface area (Å²) in [7, 11) is 0. The molecule has 0 saturated carbocycles. The zero-order valence-electron chi connectivity index (χ0n) is 13.3. The van der Waals surface area contributed by atoms with Crippen LogP contribution >= 0.6 is 0 Å². The van der Waals surface area contributed by atoms with Crippen LogP contribution in [0.25, 0.3) is 0 Å². The van der Waals surface area contributed by atoms with E-state index in [1.165, 1.54) is 6.07 Å². The van der Waals surface area contributed by atoms with Gasteiger partial charge in [-0.2, -0.15) is 0 Å². The quantitative estimate of drug-likeness (QED) is 0.927. The van der Waals surface area contributed by atoms with Gasteiger partial charge in [-0.15, -0.1) is 0 Å². The fourth-order valence-electron chi connectivity index (χ4n) is 3.25. The van der Waals surface area contributed by atoms with Crippen molar-refractivity contribution < 1.29 is 14.2 Å². The Morgan fingerprint density at radius 1 is 1.43 bits per heavy atom. The minimum atomic E-state index is -0.785. The van der Waals surface area contributed by atoms with Crippen LogP contribution in [0.1, 0.15) is 39.4 Å². The number of halogens is 1. The number of aliphatic hydroxyl groups excluding tert-OH is 1. The molecule has 0 amide bonds. The predicted octanol–water partition coefficient (Wildman–Crippen LogP) is 2.99.